The third-order valence-electron chi connectivity index (χ3n) is 3.61. The zero-order valence-corrected chi connectivity index (χ0v) is 12.3. The Morgan fingerprint density at radius 1 is 1.33 bits per heavy atom. The van der Waals surface area contributed by atoms with E-state index in [4.69, 9.17) is 0 Å². The third-order valence-corrected chi connectivity index (χ3v) is 3.61. The fourth-order valence-electron chi connectivity index (χ4n) is 2.37. The van der Waals surface area contributed by atoms with Gasteiger partial charge < -0.3 is 9.84 Å². The first kappa shape index (κ1) is 17.8. The lowest BCUT2D eigenvalue weighted by Gasteiger charge is -2.34. The Balaban J connectivity index is 2.58. The minimum absolute atomic E-state index is 0.134. The minimum atomic E-state index is -5.37. The summed E-state index contributed by atoms with van der Waals surface area (Å²) in [6.45, 7) is 0. The molecule has 1 N–H and O–H groups in total. The van der Waals surface area contributed by atoms with Gasteiger partial charge in [0.25, 0.3) is 11.3 Å². The number of ketones is 1. The van der Waals surface area contributed by atoms with E-state index >= 15 is 0 Å². The molecule has 0 aromatic heterocycles. The average Bonchev–Trinajstić information content (AvgIpc) is 2.53. The maximum absolute atomic E-state index is 13.2. The van der Waals surface area contributed by atoms with E-state index in [1.54, 1.807) is 6.07 Å². The first-order valence-corrected chi connectivity index (χ1v) is 6.63. The fourth-order valence-corrected chi connectivity index (χ4v) is 2.37. The normalized spacial score (nSPS) is 24.1. The van der Waals surface area contributed by atoms with Crippen LogP contribution in [0.2, 0.25) is 0 Å². The molecule has 0 fully saturated rings. The maximum atomic E-state index is 13.2. The van der Waals surface area contributed by atoms with Gasteiger partial charge in [-0.1, -0.05) is 30.3 Å². The van der Waals surface area contributed by atoms with Crippen LogP contribution in [0.3, 0.4) is 0 Å². The molecule has 0 bridgehead atoms. The highest BCUT2D eigenvalue weighted by Gasteiger charge is 2.67. The Labute approximate surface area is 134 Å². The van der Waals surface area contributed by atoms with Crippen LogP contribution in [0.25, 0.3) is 0 Å². The van der Waals surface area contributed by atoms with Crippen molar-refractivity contribution in [3.8, 4) is 0 Å². The molecular weight excluding hydrogens is 331 g/mol. The zero-order valence-electron chi connectivity index (χ0n) is 12.3. The van der Waals surface area contributed by atoms with Crippen LogP contribution < -0.4 is 0 Å². The van der Waals surface area contributed by atoms with Gasteiger partial charge in [0.15, 0.2) is 5.78 Å². The molecule has 1 aliphatic rings. The van der Waals surface area contributed by atoms with Crippen LogP contribution in [-0.2, 0) is 4.74 Å². The molecule has 2 rings (SSSR count). The van der Waals surface area contributed by atoms with Crippen LogP contribution in [0, 0.1) is 10.1 Å². The second-order valence-electron chi connectivity index (χ2n) is 5.02. The van der Waals surface area contributed by atoms with Crippen molar-refractivity contribution >= 4 is 5.78 Å². The van der Waals surface area contributed by atoms with E-state index in [0.29, 0.717) is 6.08 Å². The predicted molar refractivity (Wildman–Crippen MR) is 75.7 cm³/mol. The van der Waals surface area contributed by atoms with E-state index in [2.05, 4.69) is 4.74 Å². The van der Waals surface area contributed by atoms with Crippen molar-refractivity contribution in [3.63, 3.8) is 0 Å². The van der Waals surface area contributed by atoms with E-state index in [0.717, 1.165) is 13.2 Å². The van der Waals surface area contributed by atoms with E-state index in [1.165, 1.54) is 24.3 Å². The maximum Gasteiger partial charge on any atom is 0.430 e. The molecule has 0 amide bonds. The quantitative estimate of drug-likeness (QED) is 0.515. The SMILES string of the molecule is COC1C=C(C(=O)c2ccccc2)C=C([N+](=O)[O-])C1(O)C(F)(F)F. The molecule has 0 heterocycles. The predicted octanol–water partition coefficient (Wildman–Crippen LogP) is 2.28. The van der Waals surface area contributed by atoms with Gasteiger partial charge in [-0.15, -0.1) is 0 Å². The van der Waals surface area contributed by atoms with Crippen molar-refractivity contribution in [2.24, 2.45) is 0 Å². The van der Waals surface area contributed by atoms with Gasteiger partial charge >= 0.3 is 6.18 Å². The smallest absolute Gasteiger partial charge is 0.373 e. The number of methoxy groups -OCH3 is 1. The van der Waals surface area contributed by atoms with Crippen molar-refractivity contribution in [2.75, 3.05) is 7.11 Å². The zero-order chi connectivity index (χ0) is 18.1. The number of Topliss-reactive ketones (excluding diaryl/α,β-unsaturated/α-hetero) is 1. The van der Waals surface area contributed by atoms with Crippen LogP contribution >= 0.6 is 0 Å². The van der Waals surface area contributed by atoms with Gasteiger partial charge in [-0.05, 0) is 6.08 Å². The van der Waals surface area contributed by atoms with Crippen LogP contribution in [0.5, 0.6) is 0 Å². The van der Waals surface area contributed by atoms with Crippen molar-refractivity contribution in [3.05, 3.63) is 69.4 Å². The first-order valence-electron chi connectivity index (χ1n) is 6.63. The van der Waals surface area contributed by atoms with E-state index in [1.807, 2.05) is 0 Å². The molecule has 0 saturated carbocycles. The molecular formula is C15H12F3NO5. The Morgan fingerprint density at radius 2 is 1.92 bits per heavy atom. The fraction of sp³-hybridized carbons (Fsp3) is 0.267. The van der Waals surface area contributed by atoms with Gasteiger partial charge in [0, 0.05) is 24.3 Å². The van der Waals surface area contributed by atoms with Crippen molar-refractivity contribution < 1.29 is 32.7 Å². The van der Waals surface area contributed by atoms with Crippen molar-refractivity contribution in [2.45, 2.75) is 17.9 Å². The number of allylic oxidation sites excluding steroid dienone is 2. The molecule has 0 spiro atoms. The van der Waals surface area contributed by atoms with Crippen molar-refractivity contribution in [1.29, 1.82) is 0 Å². The monoisotopic (exact) mass is 343 g/mol. The van der Waals surface area contributed by atoms with E-state index in [9.17, 15) is 33.2 Å². The first-order chi connectivity index (χ1) is 11.1. The molecule has 2 atom stereocenters. The number of hydrogen-bond donors (Lipinski definition) is 1. The standard InChI is InChI=1S/C15H12F3NO5/c1-24-12-8-10(13(20)9-5-3-2-4-6-9)7-11(19(22)23)14(12,21)15(16,17)18/h2-8,12,21H,1H3. The Hall–Kier alpha value is -2.52. The number of hydrogen-bond acceptors (Lipinski definition) is 5. The molecule has 1 aliphatic carbocycles. The second-order valence-corrected chi connectivity index (χ2v) is 5.02. The van der Waals surface area contributed by atoms with E-state index in [-0.39, 0.29) is 11.1 Å². The molecule has 0 aliphatic heterocycles. The summed E-state index contributed by atoms with van der Waals surface area (Å²) in [6.07, 6.45) is -6.34. The van der Waals surface area contributed by atoms with Crippen LogP contribution in [0.4, 0.5) is 13.2 Å². The van der Waals surface area contributed by atoms with Crippen molar-refractivity contribution in [1.82, 2.24) is 0 Å². The highest BCUT2D eigenvalue weighted by Crippen LogP contribution is 2.43. The number of benzene rings is 1. The number of ether oxygens (including phenoxy) is 1. The van der Waals surface area contributed by atoms with Gasteiger partial charge in [0.05, 0.1) is 4.92 Å². The van der Waals surface area contributed by atoms with Crippen LogP contribution in [0.15, 0.2) is 53.8 Å². The summed E-state index contributed by atoms with van der Waals surface area (Å²) < 4.78 is 44.3. The van der Waals surface area contributed by atoms with Gasteiger partial charge in [-0.25, -0.2) is 0 Å². The molecule has 2 unspecified atom stereocenters. The molecule has 0 radical (unpaired) electrons. The molecule has 24 heavy (non-hydrogen) atoms. The van der Waals surface area contributed by atoms with Gasteiger partial charge in [0.1, 0.15) is 6.10 Å². The number of nitrogens with zero attached hydrogens (tertiary/aromatic N) is 1. The van der Waals surface area contributed by atoms with Gasteiger partial charge in [-0.2, -0.15) is 13.2 Å². The summed E-state index contributed by atoms with van der Waals surface area (Å²) in [4.78, 5) is 22.0. The summed E-state index contributed by atoms with van der Waals surface area (Å²) in [6, 6.07) is 7.53. The Morgan fingerprint density at radius 3 is 2.38 bits per heavy atom. The molecule has 1 aromatic rings. The van der Waals surface area contributed by atoms with Crippen LogP contribution in [-0.4, -0.2) is 40.8 Å². The number of carbonyl (C=O) groups excluding carboxylic acids is 1. The van der Waals surface area contributed by atoms with Crippen LogP contribution in [0.1, 0.15) is 10.4 Å². The summed E-state index contributed by atoms with van der Waals surface area (Å²) in [5.74, 6) is -0.721. The number of aliphatic hydroxyl groups is 1. The lowest BCUT2D eigenvalue weighted by atomic mass is 9.83. The Bertz CT molecular complexity index is 726. The summed E-state index contributed by atoms with van der Waals surface area (Å²) in [5.41, 5.74) is -5.65. The molecule has 0 saturated heterocycles. The number of rotatable bonds is 4. The molecule has 6 nitrogen and oxygen atoms in total. The summed E-state index contributed by atoms with van der Waals surface area (Å²) in [5, 5.41) is 21.0. The highest BCUT2D eigenvalue weighted by atomic mass is 19.4. The topological polar surface area (TPSA) is 89.7 Å². The number of alkyl halides is 3. The highest BCUT2D eigenvalue weighted by molar-refractivity contribution is 6.10. The average molecular weight is 343 g/mol. The van der Waals surface area contributed by atoms with Gasteiger partial charge in [-0.3, -0.25) is 14.9 Å². The lowest BCUT2D eigenvalue weighted by molar-refractivity contribution is -0.465. The van der Waals surface area contributed by atoms with Gasteiger partial charge in [0.2, 0.25) is 0 Å². The lowest BCUT2D eigenvalue weighted by Crippen LogP contribution is -2.58. The molecule has 9 heteroatoms. The number of halogens is 3. The summed E-state index contributed by atoms with van der Waals surface area (Å²) in [7, 11) is 0.853. The third kappa shape index (κ3) is 2.83. The molecule has 1 aromatic carbocycles. The Kier molecular flexibility index (Phi) is 4.59. The number of nitro groups is 1. The number of carbonyl (C=O) groups is 1. The minimum Gasteiger partial charge on any atom is -0.373 e. The van der Waals surface area contributed by atoms with E-state index < -0.39 is 34.3 Å². The largest absolute Gasteiger partial charge is 0.430 e. The molecule has 128 valence electrons. The summed E-state index contributed by atoms with van der Waals surface area (Å²) >= 11 is 0. The second kappa shape index (κ2) is 6.17.